The molecule has 8 nitrogen and oxygen atoms in total. The molecule has 188 valence electrons. The summed E-state index contributed by atoms with van der Waals surface area (Å²) in [6.07, 6.45) is 12.0. The smallest absolute Gasteiger partial charge is 0.271 e. The van der Waals surface area contributed by atoms with Crippen molar-refractivity contribution in [3.8, 4) is 22.5 Å². The maximum Gasteiger partial charge on any atom is 0.346 e. The predicted octanol–water partition coefficient (Wildman–Crippen LogP) is 5.72. The van der Waals surface area contributed by atoms with E-state index in [-0.39, 0.29) is 5.69 Å². The van der Waals surface area contributed by atoms with E-state index in [2.05, 4.69) is 69.9 Å². The summed E-state index contributed by atoms with van der Waals surface area (Å²) in [5, 5.41) is 18.9. The number of H-pyrrole nitrogens is 1. The zero-order valence-corrected chi connectivity index (χ0v) is 21.2. The Labute approximate surface area is 212 Å². The fourth-order valence-electron chi connectivity index (χ4n) is 4.33. The van der Waals surface area contributed by atoms with E-state index in [1.165, 1.54) is 25.7 Å². The molecule has 0 aliphatic heterocycles. The summed E-state index contributed by atoms with van der Waals surface area (Å²) in [5.74, 6) is 1.34. The molecule has 0 aliphatic carbocycles. The van der Waals surface area contributed by atoms with Crippen LogP contribution in [0, 0.1) is 0 Å². The number of benzene rings is 2. The number of hydrogen-bond donors (Lipinski definition) is 1. The number of hydrogen-bond acceptors (Lipinski definition) is 5. The van der Waals surface area contributed by atoms with E-state index < -0.39 is 0 Å². The van der Waals surface area contributed by atoms with Gasteiger partial charge in [-0.15, -0.1) is 5.10 Å². The molecule has 0 saturated carbocycles. The van der Waals surface area contributed by atoms with Crippen molar-refractivity contribution >= 4 is 6.08 Å². The average Bonchev–Trinajstić information content (AvgIpc) is 3.55. The minimum Gasteiger partial charge on any atom is -0.271 e. The van der Waals surface area contributed by atoms with E-state index in [9.17, 15) is 4.79 Å². The van der Waals surface area contributed by atoms with E-state index >= 15 is 0 Å². The number of aromatic amines is 1. The molecule has 0 radical (unpaired) electrons. The number of aromatic nitrogens is 7. The van der Waals surface area contributed by atoms with Crippen LogP contribution < -0.4 is 5.69 Å². The normalized spacial score (nSPS) is 11.5. The molecule has 0 atom stereocenters. The minimum atomic E-state index is -0.0495. The van der Waals surface area contributed by atoms with Crippen molar-refractivity contribution in [2.45, 2.75) is 71.9 Å². The predicted molar refractivity (Wildman–Crippen MR) is 143 cm³/mol. The Bertz CT molecular complexity index is 1300. The highest BCUT2D eigenvalue weighted by Gasteiger charge is 2.13. The third-order valence-electron chi connectivity index (χ3n) is 6.31. The summed E-state index contributed by atoms with van der Waals surface area (Å²) >= 11 is 0. The lowest BCUT2D eigenvalue weighted by Crippen LogP contribution is -2.25. The van der Waals surface area contributed by atoms with Crippen molar-refractivity contribution in [1.29, 1.82) is 0 Å². The third kappa shape index (κ3) is 6.24. The summed E-state index contributed by atoms with van der Waals surface area (Å²) in [7, 11) is 0. The zero-order valence-electron chi connectivity index (χ0n) is 21.2. The molecular weight excluding hydrogens is 450 g/mol. The summed E-state index contributed by atoms with van der Waals surface area (Å²) < 4.78 is 3.40. The van der Waals surface area contributed by atoms with Crippen LogP contribution in [-0.4, -0.2) is 35.0 Å². The topological polar surface area (TPSA) is 94.3 Å². The van der Waals surface area contributed by atoms with Crippen molar-refractivity contribution < 1.29 is 0 Å². The van der Waals surface area contributed by atoms with Crippen molar-refractivity contribution in [3.63, 3.8) is 0 Å². The highest BCUT2D eigenvalue weighted by Crippen LogP contribution is 2.29. The Balaban J connectivity index is 1.51. The zero-order chi connectivity index (χ0) is 25.2. The molecule has 0 saturated heterocycles. The van der Waals surface area contributed by atoms with Gasteiger partial charge in [0.05, 0.1) is 6.54 Å². The molecule has 8 heteroatoms. The van der Waals surface area contributed by atoms with Crippen molar-refractivity contribution in [1.82, 2.24) is 35.0 Å². The Morgan fingerprint density at radius 1 is 0.917 bits per heavy atom. The molecule has 2 aromatic carbocycles. The first kappa shape index (κ1) is 25.3. The Hall–Kier alpha value is -3.81. The molecule has 0 unspecified atom stereocenters. The molecule has 4 aromatic rings. The SMILES string of the molecule is CC/C=C/c1nn(CCCCCCCC)c(=O)n1Cc1ccc(-c2ccccc2-c2nnn[nH]2)cc1. The molecule has 4 rings (SSSR count). The van der Waals surface area contributed by atoms with Gasteiger partial charge in [-0.1, -0.05) is 101 Å². The van der Waals surface area contributed by atoms with E-state index in [1.807, 2.05) is 30.4 Å². The second kappa shape index (κ2) is 12.8. The number of nitrogens with one attached hydrogen (secondary N) is 1. The molecule has 1 N–H and O–H groups in total. The number of aryl methyl sites for hydroxylation is 1. The molecule has 0 bridgehead atoms. The second-order valence-corrected chi connectivity index (χ2v) is 9.02. The van der Waals surface area contributed by atoms with Gasteiger partial charge in [-0.05, 0) is 46.0 Å². The second-order valence-electron chi connectivity index (χ2n) is 9.02. The molecule has 0 amide bonds. The van der Waals surface area contributed by atoms with Gasteiger partial charge in [-0.25, -0.2) is 14.6 Å². The molecule has 0 spiro atoms. The number of tetrazole rings is 1. The van der Waals surface area contributed by atoms with Gasteiger partial charge in [0.2, 0.25) is 0 Å². The van der Waals surface area contributed by atoms with Crippen LogP contribution in [0.25, 0.3) is 28.6 Å². The third-order valence-corrected chi connectivity index (χ3v) is 6.31. The molecule has 0 fully saturated rings. The van der Waals surface area contributed by atoms with Gasteiger partial charge in [-0.3, -0.25) is 4.57 Å². The maximum atomic E-state index is 13.2. The van der Waals surface area contributed by atoms with Crippen LogP contribution in [0.1, 0.15) is 70.2 Å². The Kier molecular flexibility index (Phi) is 8.97. The lowest BCUT2D eigenvalue weighted by Gasteiger charge is -2.09. The van der Waals surface area contributed by atoms with Gasteiger partial charge < -0.3 is 0 Å². The summed E-state index contributed by atoms with van der Waals surface area (Å²) in [5.41, 5.74) is 4.03. The highest BCUT2D eigenvalue weighted by atomic mass is 16.2. The van der Waals surface area contributed by atoms with Crippen molar-refractivity contribution in [2.24, 2.45) is 0 Å². The first-order valence-corrected chi connectivity index (χ1v) is 13.0. The molecule has 2 aromatic heterocycles. The number of rotatable bonds is 13. The Morgan fingerprint density at radius 2 is 1.67 bits per heavy atom. The largest absolute Gasteiger partial charge is 0.346 e. The fraction of sp³-hybridized carbons (Fsp3) is 0.393. The van der Waals surface area contributed by atoms with Crippen molar-refractivity contribution in [3.05, 3.63) is 76.5 Å². The van der Waals surface area contributed by atoms with Crippen LogP contribution in [0.2, 0.25) is 0 Å². The molecule has 0 aliphatic rings. The summed E-state index contributed by atoms with van der Waals surface area (Å²) in [4.78, 5) is 13.2. The highest BCUT2D eigenvalue weighted by molar-refractivity contribution is 5.80. The van der Waals surface area contributed by atoms with Crippen molar-refractivity contribution in [2.75, 3.05) is 0 Å². The first-order valence-electron chi connectivity index (χ1n) is 13.0. The van der Waals surface area contributed by atoms with Gasteiger partial charge in [0.15, 0.2) is 11.6 Å². The van der Waals surface area contributed by atoms with E-state index in [0.717, 1.165) is 41.5 Å². The van der Waals surface area contributed by atoms with E-state index in [1.54, 1.807) is 9.25 Å². The monoisotopic (exact) mass is 485 g/mol. The van der Waals surface area contributed by atoms with E-state index in [4.69, 9.17) is 0 Å². The quantitative estimate of drug-likeness (QED) is 0.244. The number of allylic oxidation sites excluding steroid dienone is 1. The average molecular weight is 486 g/mol. The standard InChI is InChI=1S/C28H35N7O/c1-3-5-7-8-9-12-20-35-28(36)34(26(31-35)15-6-4-2)21-22-16-18-23(19-17-22)24-13-10-11-14-25(24)27-29-32-33-30-27/h6,10-11,13-19H,3-5,7-9,12,20-21H2,1-2H3,(H,29,30,32,33)/b15-6+. The van der Waals surface area contributed by atoms with Gasteiger partial charge in [0, 0.05) is 12.1 Å². The minimum absolute atomic E-state index is 0.0495. The molecular formula is C28H35N7O. The number of nitrogens with zero attached hydrogens (tertiary/aromatic N) is 6. The fourth-order valence-corrected chi connectivity index (χ4v) is 4.33. The Morgan fingerprint density at radius 3 is 2.39 bits per heavy atom. The lowest BCUT2D eigenvalue weighted by molar-refractivity contribution is 0.511. The maximum absolute atomic E-state index is 13.2. The van der Waals surface area contributed by atoms with Crippen LogP contribution in [-0.2, 0) is 13.1 Å². The van der Waals surface area contributed by atoms with Gasteiger partial charge >= 0.3 is 5.69 Å². The van der Waals surface area contributed by atoms with Crippen LogP contribution in [0.4, 0.5) is 0 Å². The molecule has 2 heterocycles. The van der Waals surface area contributed by atoms with Crippen LogP contribution in [0.3, 0.4) is 0 Å². The van der Waals surface area contributed by atoms with E-state index in [0.29, 0.717) is 24.7 Å². The van der Waals surface area contributed by atoms with Crippen LogP contribution in [0.5, 0.6) is 0 Å². The van der Waals surface area contributed by atoms with Crippen LogP contribution in [0.15, 0.2) is 59.4 Å². The van der Waals surface area contributed by atoms with Crippen LogP contribution >= 0.6 is 0 Å². The van der Waals surface area contributed by atoms with Gasteiger partial charge in [0.1, 0.15) is 0 Å². The van der Waals surface area contributed by atoms with Gasteiger partial charge in [0.25, 0.3) is 0 Å². The summed E-state index contributed by atoms with van der Waals surface area (Å²) in [6.45, 7) is 5.45. The number of unbranched alkanes of at least 4 members (excludes halogenated alkanes) is 5. The summed E-state index contributed by atoms with van der Waals surface area (Å²) in [6, 6.07) is 16.3. The first-order chi connectivity index (χ1) is 17.7. The molecule has 36 heavy (non-hydrogen) atoms. The lowest BCUT2D eigenvalue weighted by atomic mass is 9.98. The van der Waals surface area contributed by atoms with Gasteiger partial charge in [-0.2, -0.15) is 5.10 Å².